The molecule has 2 amide bonds. The minimum absolute atomic E-state index is 0.112. The summed E-state index contributed by atoms with van der Waals surface area (Å²) in [5, 5.41) is 2.51. The van der Waals surface area contributed by atoms with E-state index >= 15 is 0 Å². The number of halogens is 4. The Morgan fingerprint density at radius 2 is 1.81 bits per heavy atom. The fraction of sp³-hybridized carbons (Fsp3) is 0.263. The number of nitrogens with zero attached hydrogens (tertiary/aromatic N) is 1. The van der Waals surface area contributed by atoms with Gasteiger partial charge in [0.05, 0.1) is 11.3 Å². The summed E-state index contributed by atoms with van der Waals surface area (Å²) < 4.78 is 39.9. The highest BCUT2D eigenvalue weighted by atomic mass is 35.5. The van der Waals surface area contributed by atoms with Crippen molar-refractivity contribution < 1.29 is 22.8 Å². The van der Waals surface area contributed by atoms with Crippen LogP contribution in [0.25, 0.3) is 0 Å². The van der Waals surface area contributed by atoms with E-state index in [9.17, 15) is 22.8 Å². The summed E-state index contributed by atoms with van der Waals surface area (Å²) in [5.74, 6) is -1.26. The number of amides is 2. The Morgan fingerprint density at radius 3 is 2.41 bits per heavy atom. The Balaban J connectivity index is 2.20. The maximum atomic E-state index is 13.3. The van der Waals surface area contributed by atoms with Gasteiger partial charge in [-0.1, -0.05) is 35.9 Å². The lowest BCUT2D eigenvalue weighted by atomic mass is 10.1. The van der Waals surface area contributed by atoms with Gasteiger partial charge in [0.25, 0.3) is 0 Å². The van der Waals surface area contributed by atoms with Crippen LogP contribution < -0.4 is 10.2 Å². The predicted octanol–water partition coefficient (Wildman–Crippen LogP) is 4.34. The van der Waals surface area contributed by atoms with E-state index in [2.05, 4.69) is 5.32 Å². The molecule has 0 radical (unpaired) electrons. The van der Waals surface area contributed by atoms with Gasteiger partial charge in [0, 0.05) is 18.5 Å². The summed E-state index contributed by atoms with van der Waals surface area (Å²) in [5.41, 5.74) is 0.364. The standard InChI is InChI=1S/C19H18ClF3N2O2/c1-12-5-3-4-6-14(12)10-24-18(27)11-25(13(2)26)17-8-7-15(20)9-16(17)19(21,22)23/h3-9H,10-11H2,1-2H3,(H,24,27). The van der Waals surface area contributed by atoms with Gasteiger partial charge in [0.2, 0.25) is 11.8 Å². The molecule has 27 heavy (non-hydrogen) atoms. The first-order valence-corrected chi connectivity index (χ1v) is 8.43. The third-order valence-electron chi connectivity index (χ3n) is 3.97. The molecule has 0 heterocycles. The Bertz CT molecular complexity index is 853. The van der Waals surface area contributed by atoms with Gasteiger partial charge in [-0.3, -0.25) is 9.59 Å². The van der Waals surface area contributed by atoms with Crippen LogP contribution in [0.15, 0.2) is 42.5 Å². The van der Waals surface area contributed by atoms with Crippen LogP contribution in [0.2, 0.25) is 5.02 Å². The average Bonchev–Trinajstić information content (AvgIpc) is 2.58. The van der Waals surface area contributed by atoms with E-state index in [-0.39, 0.29) is 11.6 Å². The van der Waals surface area contributed by atoms with E-state index < -0.39 is 35.8 Å². The number of alkyl halides is 3. The number of carbonyl (C=O) groups is 2. The summed E-state index contributed by atoms with van der Waals surface area (Å²) in [4.78, 5) is 24.9. The number of aryl methyl sites for hydroxylation is 1. The smallest absolute Gasteiger partial charge is 0.350 e. The van der Waals surface area contributed by atoms with Crippen molar-refractivity contribution in [1.29, 1.82) is 0 Å². The first-order chi connectivity index (χ1) is 12.6. The van der Waals surface area contributed by atoms with Crippen LogP contribution in [0.3, 0.4) is 0 Å². The number of nitrogens with one attached hydrogen (secondary N) is 1. The van der Waals surface area contributed by atoms with Gasteiger partial charge >= 0.3 is 6.18 Å². The molecule has 0 unspecified atom stereocenters. The summed E-state index contributed by atoms with van der Waals surface area (Å²) in [6, 6.07) is 10.5. The van der Waals surface area contributed by atoms with Crippen molar-refractivity contribution in [1.82, 2.24) is 5.32 Å². The zero-order valence-electron chi connectivity index (χ0n) is 14.7. The molecular formula is C19H18ClF3N2O2. The highest BCUT2D eigenvalue weighted by molar-refractivity contribution is 6.30. The first-order valence-electron chi connectivity index (χ1n) is 8.05. The molecule has 0 aliphatic carbocycles. The summed E-state index contributed by atoms with van der Waals surface area (Å²) in [7, 11) is 0. The highest BCUT2D eigenvalue weighted by Gasteiger charge is 2.36. The first kappa shape index (κ1) is 20.8. The van der Waals surface area contributed by atoms with E-state index in [0.29, 0.717) is 0 Å². The van der Waals surface area contributed by atoms with Gasteiger partial charge in [-0.05, 0) is 36.2 Å². The average molecular weight is 399 g/mol. The normalized spacial score (nSPS) is 11.2. The van der Waals surface area contributed by atoms with Crippen LogP contribution in [-0.2, 0) is 22.3 Å². The Kier molecular flexibility index (Phi) is 6.49. The molecule has 0 spiro atoms. The second kappa shape index (κ2) is 8.43. The Hall–Kier alpha value is -2.54. The van der Waals surface area contributed by atoms with Gasteiger partial charge in [-0.15, -0.1) is 0 Å². The van der Waals surface area contributed by atoms with Gasteiger partial charge in [0.15, 0.2) is 0 Å². The van der Waals surface area contributed by atoms with E-state index in [0.717, 1.165) is 35.1 Å². The molecule has 0 atom stereocenters. The van der Waals surface area contributed by atoms with Crippen LogP contribution in [-0.4, -0.2) is 18.4 Å². The molecule has 0 saturated carbocycles. The molecule has 4 nitrogen and oxygen atoms in total. The van der Waals surface area contributed by atoms with Gasteiger partial charge < -0.3 is 10.2 Å². The van der Waals surface area contributed by atoms with Crippen molar-refractivity contribution in [3.63, 3.8) is 0 Å². The van der Waals surface area contributed by atoms with Crippen LogP contribution in [0.4, 0.5) is 18.9 Å². The van der Waals surface area contributed by atoms with Gasteiger partial charge in [-0.25, -0.2) is 0 Å². The maximum Gasteiger partial charge on any atom is 0.418 e. The molecule has 0 fully saturated rings. The second-order valence-electron chi connectivity index (χ2n) is 5.97. The number of hydrogen-bond acceptors (Lipinski definition) is 2. The Labute approximate surface area is 159 Å². The van der Waals surface area contributed by atoms with Crippen molar-refractivity contribution in [2.24, 2.45) is 0 Å². The van der Waals surface area contributed by atoms with E-state index in [4.69, 9.17) is 11.6 Å². The lowest BCUT2D eigenvalue weighted by molar-refractivity contribution is -0.137. The van der Waals surface area contributed by atoms with Crippen LogP contribution in [0.5, 0.6) is 0 Å². The van der Waals surface area contributed by atoms with Crippen molar-refractivity contribution >= 4 is 29.1 Å². The molecule has 0 aromatic heterocycles. The van der Waals surface area contributed by atoms with Crippen molar-refractivity contribution in [2.45, 2.75) is 26.6 Å². The SMILES string of the molecule is CC(=O)N(CC(=O)NCc1ccccc1C)c1ccc(Cl)cc1C(F)(F)F. The molecule has 144 valence electrons. The van der Waals surface area contributed by atoms with E-state index in [1.54, 1.807) is 0 Å². The number of carbonyl (C=O) groups excluding carboxylic acids is 2. The van der Waals surface area contributed by atoms with Crippen LogP contribution in [0.1, 0.15) is 23.6 Å². The Morgan fingerprint density at radius 1 is 1.15 bits per heavy atom. The van der Waals surface area contributed by atoms with E-state index in [1.807, 2.05) is 31.2 Å². The molecule has 1 N–H and O–H groups in total. The van der Waals surface area contributed by atoms with E-state index in [1.165, 1.54) is 6.07 Å². The fourth-order valence-corrected chi connectivity index (χ4v) is 2.71. The molecular weight excluding hydrogens is 381 g/mol. The molecule has 0 saturated heterocycles. The zero-order valence-corrected chi connectivity index (χ0v) is 15.5. The summed E-state index contributed by atoms with van der Waals surface area (Å²) in [6.07, 6.45) is -4.72. The van der Waals surface area contributed by atoms with Gasteiger partial charge in [-0.2, -0.15) is 13.2 Å². The summed E-state index contributed by atoms with van der Waals surface area (Å²) >= 11 is 5.66. The maximum absolute atomic E-state index is 13.3. The lowest BCUT2D eigenvalue weighted by Crippen LogP contribution is -2.40. The number of rotatable bonds is 5. The number of benzene rings is 2. The highest BCUT2D eigenvalue weighted by Crippen LogP contribution is 2.38. The molecule has 0 aliphatic heterocycles. The number of anilines is 1. The minimum atomic E-state index is -4.72. The third-order valence-corrected chi connectivity index (χ3v) is 4.21. The minimum Gasteiger partial charge on any atom is -0.350 e. The summed E-state index contributed by atoms with van der Waals surface area (Å²) in [6.45, 7) is 2.66. The topological polar surface area (TPSA) is 49.4 Å². The monoisotopic (exact) mass is 398 g/mol. The molecule has 2 rings (SSSR count). The fourth-order valence-electron chi connectivity index (χ4n) is 2.54. The van der Waals surface area contributed by atoms with Crippen molar-refractivity contribution in [3.8, 4) is 0 Å². The predicted molar refractivity (Wildman–Crippen MR) is 97.5 cm³/mol. The van der Waals surface area contributed by atoms with Crippen molar-refractivity contribution in [3.05, 3.63) is 64.2 Å². The molecule has 2 aromatic rings. The van der Waals surface area contributed by atoms with Crippen LogP contribution in [0, 0.1) is 6.92 Å². The molecule has 0 bridgehead atoms. The zero-order chi connectivity index (χ0) is 20.2. The lowest BCUT2D eigenvalue weighted by Gasteiger charge is -2.24. The molecule has 0 aliphatic rings. The largest absolute Gasteiger partial charge is 0.418 e. The third kappa shape index (κ3) is 5.47. The molecule has 2 aromatic carbocycles. The van der Waals surface area contributed by atoms with Crippen LogP contribution >= 0.6 is 11.6 Å². The van der Waals surface area contributed by atoms with Gasteiger partial charge in [0.1, 0.15) is 6.54 Å². The quantitative estimate of drug-likeness (QED) is 0.814. The molecule has 8 heteroatoms. The van der Waals surface area contributed by atoms with Crippen molar-refractivity contribution in [2.75, 3.05) is 11.4 Å². The second-order valence-corrected chi connectivity index (χ2v) is 6.40. The number of hydrogen-bond donors (Lipinski definition) is 1.